The fourth-order valence-corrected chi connectivity index (χ4v) is 1.92. The number of hydrogen-bond donors (Lipinski definition) is 1. The molecule has 0 atom stereocenters. The normalized spacial score (nSPS) is 11.9. The van der Waals surface area contributed by atoms with Gasteiger partial charge < -0.3 is 10.1 Å². The molecule has 0 aliphatic carbocycles. The molecule has 3 nitrogen and oxygen atoms in total. The summed E-state index contributed by atoms with van der Waals surface area (Å²) >= 11 is 0. The van der Waals surface area contributed by atoms with Crippen LogP contribution in [-0.2, 0) is 13.1 Å². The molecule has 0 unspecified atom stereocenters. The van der Waals surface area contributed by atoms with Crippen molar-refractivity contribution in [3.05, 3.63) is 29.3 Å². The third-order valence-electron chi connectivity index (χ3n) is 2.62. The maximum absolute atomic E-state index is 12.3. The van der Waals surface area contributed by atoms with Crippen LogP contribution in [0.1, 0.15) is 11.1 Å². The summed E-state index contributed by atoms with van der Waals surface area (Å²) in [6, 6.07) is 5.54. The Morgan fingerprint density at radius 2 is 2.00 bits per heavy atom. The number of ether oxygens (including phenoxy) is 1. The van der Waals surface area contributed by atoms with Crippen molar-refractivity contribution in [2.45, 2.75) is 19.3 Å². The van der Waals surface area contributed by atoms with Crippen molar-refractivity contribution >= 4 is 0 Å². The average Bonchev–Trinajstić information content (AvgIpc) is 2.27. The maximum Gasteiger partial charge on any atom is 0.401 e. The third-order valence-corrected chi connectivity index (χ3v) is 2.62. The molecule has 6 heteroatoms. The van der Waals surface area contributed by atoms with E-state index in [-0.39, 0.29) is 6.54 Å². The first-order valence-electron chi connectivity index (χ1n) is 5.91. The van der Waals surface area contributed by atoms with Gasteiger partial charge in [0.15, 0.2) is 0 Å². The number of methoxy groups -OCH3 is 1. The molecule has 1 rings (SSSR count). The van der Waals surface area contributed by atoms with Crippen LogP contribution in [0, 0.1) is 0 Å². The molecular formula is C13H19F3N2O. The van der Waals surface area contributed by atoms with Gasteiger partial charge in [-0.15, -0.1) is 0 Å². The first kappa shape index (κ1) is 15.8. The van der Waals surface area contributed by atoms with Crippen molar-refractivity contribution in [2.24, 2.45) is 0 Å². The van der Waals surface area contributed by atoms with Gasteiger partial charge in [-0.25, -0.2) is 0 Å². The molecule has 108 valence electrons. The standard InChI is InChI=1S/C13H19F3N2O/c1-17-7-10-4-5-12(19-3)11(6-10)8-18(2)9-13(14,15)16/h4-6,17H,7-9H2,1-3H3. The summed E-state index contributed by atoms with van der Waals surface area (Å²) in [7, 11) is 4.78. The molecule has 0 amide bonds. The summed E-state index contributed by atoms with van der Waals surface area (Å²) in [5.74, 6) is 0.605. The van der Waals surface area contributed by atoms with Gasteiger partial charge in [-0.1, -0.05) is 6.07 Å². The highest BCUT2D eigenvalue weighted by atomic mass is 19.4. The minimum absolute atomic E-state index is 0.195. The van der Waals surface area contributed by atoms with Crippen LogP contribution in [0.5, 0.6) is 5.75 Å². The van der Waals surface area contributed by atoms with Crippen molar-refractivity contribution in [1.29, 1.82) is 0 Å². The largest absolute Gasteiger partial charge is 0.496 e. The molecule has 1 N–H and O–H groups in total. The predicted octanol–water partition coefficient (Wildman–Crippen LogP) is 2.41. The third kappa shape index (κ3) is 5.48. The fourth-order valence-electron chi connectivity index (χ4n) is 1.92. The highest BCUT2D eigenvalue weighted by Crippen LogP contribution is 2.23. The van der Waals surface area contributed by atoms with Gasteiger partial charge in [0.2, 0.25) is 0 Å². The lowest BCUT2D eigenvalue weighted by atomic mass is 10.1. The van der Waals surface area contributed by atoms with Crippen LogP contribution in [0.15, 0.2) is 18.2 Å². The van der Waals surface area contributed by atoms with E-state index in [0.29, 0.717) is 12.3 Å². The smallest absolute Gasteiger partial charge is 0.401 e. The number of alkyl halides is 3. The molecule has 0 saturated carbocycles. The van der Waals surface area contributed by atoms with Gasteiger partial charge in [0.25, 0.3) is 0 Å². The molecule has 0 spiro atoms. The van der Waals surface area contributed by atoms with Gasteiger partial charge in [0, 0.05) is 18.7 Å². The Balaban J connectivity index is 2.82. The second kappa shape index (κ2) is 6.77. The Hall–Kier alpha value is -1.27. The molecular weight excluding hydrogens is 257 g/mol. The number of nitrogens with zero attached hydrogens (tertiary/aromatic N) is 1. The van der Waals surface area contributed by atoms with Gasteiger partial charge in [0.1, 0.15) is 5.75 Å². The molecule has 1 aromatic rings. The molecule has 0 aromatic heterocycles. The van der Waals surface area contributed by atoms with Gasteiger partial charge in [-0.05, 0) is 31.8 Å². The molecule has 0 aliphatic rings. The van der Waals surface area contributed by atoms with E-state index < -0.39 is 12.7 Å². The molecule has 0 fully saturated rings. The first-order chi connectivity index (χ1) is 8.85. The Morgan fingerprint density at radius 1 is 1.32 bits per heavy atom. The number of halogens is 3. The SMILES string of the molecule is CNCc1ccc(OC)c(CN(C)CC(F)(F)F)c1. The zero-order valence-electron chi connectivity index (χ0n) is 11.3. The van der Waals surface area contributed by atoms with Crippen LogP contribution in [-0.4, -0.2) is 38.8 Å². The van der Waals surface area contributed by atoms with Gasteiger partial charge in [-0.3, -0.25) is 4.90 Å². The van der Waals surface area contributed by atoms with Crippen molar-refractivity contribution in [3.63, 3.8) is 0 Å². The highest BCUT2D eigenvalue weighted by Gasteiger charge is 2.29. The van der Waals surface area contributed by atoms with Crippen LogP contribution in [0.2, 0.25) is 0 Å². The van der Waals surface area contributed by atoms with E-state index in [0.717, 1.165) is 11.1 Å². The number of rotatable bonds is 6. The number of nitrogens with one attached hydrogen (secondary N) is 1. The highest BCUT2D eigenvalue weighted by molar-refractivity contribution is 5.37. The van der Waals surface area contributed by atoms with E-state index in [2.05, 4.69) is 5.32 Å². The monoisotopic (exact) mass is 276 g/mol. The zero-order valence-corrected chi connectivity index (χ0v) is 11.3. The summed E-state index contributed by atoms with van der Waals surface area (Å²) in [4.78, 5) is 1.22. The second-order valence-corrected chi connectivity index (χ2v) is 4.46. The second-order valence-electron chi connectivity index (χ2n) is 4.46. The average molecular weight is 276 g/mol. The van der Waals surface area contributed by atoms with E-state index in [1.165, 1.54) is 19.1 Å². The molecule has 0 heterocycles. The van der Waals surface area contributed by atoms with Gasteiger partial charge >= 0.3 is 6.18 Å². The number of benzene rings is 1. The van der Waals surface area contributed by atoms with E-state index >= 15 is 0 Å². The number of hydrogen-bond acceptors (Lipinski definition) is 3. The summed E-state index contributed by atoms with van der Waals surface area (Å²) in [5.41, 5.74) is 1.76. The fraction of sp³-hybridized carbons (Fsp3) is 0.538. The van der Waals surface area contributed by atoms with E-state index in [9.17, 15) is 13.2 Å². The Kier molecular flexibility index (Phi) is 5.62. The lowest BCUT2D eigenvalue weighted by Crippen LogP contribution is -2.30. The molecule has 0 aliphatic heterocycles. The topological polar surface area (TPSA) is 24.5 Å². The first-order valence-corrected chi connectivity index (χ1v) is 5.91. The van der Waals surface area contributed by atoms with Crippen LogP contribution in [0.3, 0.4) is 0 Å². The summed E-state index contributed by atoms with van der Waals surface area (Å²) in [6.45, 7) is -0.0768. The molecule has 0 saturated heterocycles. The zero-order chi connectivity index (χ0) is 14.5. The van der Waals surface area contributed by atoms with Crippen molar-refractivity contribution in [3.8, 4) is 5.75 Å². The molecule has 1 aromatic carbocycles. The van der Waals surface area contributed by atoms with Crippen molar-refractivity contribution < 1.29 is 17.9 Å². The molecule has 0 bridgehead atoms. The van der Waals surface area contributed by atoms with E-state index in [4.69, 9.17) is 4.74 Å². The summed E-state index contributed by atoms with van der Waals surface area (Å²) < 4.78 is 42.1. The summed E-state index contributed by atoms with van der Waals surface area (Å²) in [5, 5.41) is 3.01. The van der Waals surface area contributed by atoms with Gasteiger partial charge in [0.05, 0.1) is 13.7 Å². The van der Waals surface area contributed by atoms with Crippen LogP contribution in [0.25, 0.3) is 0 Å². The van der Waals surface area contributed by atoms with E-state index in [1.807, 2.05) is 19.2 Å². The minimum Gasteiger partial charge on any atom is -0.496 e. The lowest BCUT2D eigenvalue weighted by Gasteiger charge is -2.20. The molecule has 0 radical (unpaired) electrons. The minimum atomic E-state index is -4.19. The van der Waals surface area contributed by atoms with Crippen LogP contribution >= 0.6 is 0 Å². The van der Waals surface area contributed by atoms with Crippen LogP contribution in [0.4, 0.5) is 13.2 Å². The lowest BCUT2D eigenvalue weighted by molar-refractivity contribution is -0.144. The molecule has 19 heavy (non-hydrogen) atoms. The Bertz CT molecular complexity index is 407. The van der Waals surface area contributed by atoms with Gasteiger partial charge in [-0.2, -0.15) is 13.2 Å². The van der Waals surface area contributed by atoms with Crippen LogP contribution < -0.4 is 10.1 Å². The Labute approximate surface area is 111 Å². The Morgan fingerprint density at radius 3 is 2.53 bits per heavy atom. The maximum atomic E-state index is 12.3. The van der Waals surface area contributed by atoms with Crippen molar-refractivity contribution in [2.75, 3.05) is 27.7 Å². The summed E-state index contributed by atoms with van der Waals surface area (Å²) in [6.07, 6.45) is -4.19. The predicted molar refractivity (Wildman–Crippen MR) is 68.1 cm³/mol. The van der Waals surface area contributed by atoms with E-state index in [1.54, 1.807) is 6.07 Å². The quantitative estimate of drug-likeness (QED) is 0.863. The van der Waals surface area contributed by atoms with Crippen molar-refractivity contribution in [1.82, 2.24) is 10.2 Å².